The Kier molecular flexibility index (Phi) is 5.32. The monoisotopic (exact) mass is 267 g/mol. The van der Waals surface area contributed by atoms with Gasteiger partial charge in [0.1, 0.15) is 5.75 Å². The van der Waals surface area contributed by atoms with E-state index in [0.29, 0.717) is 11.3 Å². The van der Waals surface area contributed by atoms with Gasteiger partial charge in [0.05, 0.1) is 13.2 Å². The van der Waals surface area contributed by atoms with Crippen molar-refractivity contribution in [3.63, 3.8) is 0 Å². The number of carboxylic acids is 1. The van der Waals surface area contributed by atoms with Crippen LogP contribution in [0.25, 0.3) is 0 Å². The number of carbonyl (C=O) groups excluding carboxylic acids is 1. The van der Waals surface area contributed by atoms with Crippen molar-refractivity contribution in [2.75, 3.05) is 7.11 Å². The number of rotatable bonds is 6. The minimum Gasteiger partial charge on any atom is -0.496 e. The van der Waals surface area contributed by atoms with Gasteiger partial charge in [-0.1, -0.05) is 18.2 Å². The van der Waals surface area contributed by atoms with Gasteiger partial charge in [0, 0.05) is 6.92 Å². The van der Waals surface area contributed by atoms with Gasteiger partial charge in [-0.05, 0) is 18.1 Å². The lowest BCUT2D eigenvalue weighted by Gasteiger charge is -2.21. The second-order valence-corrected chi connectivity index (χ2v) is 4.11. The Balaban J connectivity index is 2.93. The molecule has 1 rings (SSSR count). The first-order valence-corrected chi connectivity index (χ1v) is 5.75. The maximum Gasteiger partial charge on any atom is 0.334 e. The lowest BCUT2D eigenvalue weighted by molar-refractivity contribution is -0.148. The van der Waals surface area contributed by atoms with E-state index in [4.69, 9.17) is 9.84 Å². The molecule has 2 unspecified atom stereocenters. The summed E-state index contributed by atoms with van der Waals surface area (Å²) in [6.07, 6.45) is -1.51. The van der Waals surface area contributed by atoms with E-state index in [9.17, 15) is 14.7 Å². The van der Waals surface area contributed by atoms with E-state index in [-0.39, 0.29) is 6.42 Å². The molecular formula is C13H17NO5. The van der Waals surface area contributed by atoms with Gasteiger partial charge in [-0.3, -0.25) is 4.79 Å². The van der Waals surface area contributed by atoms with Crippen molar-refractivity contribution >= 4 is 11.9 Å². The third-order valence-electron chi connectivity index (χ3n) is 2.66. The Labute approximate surface area is 111 Å². The number of amides is 1. The van der Waals surface area contributed by atoms with E-state index in [1.807, 2.05) is 0 Å². The first kappa shape index (κ1) is 15.0. The molecule has 6 nitrogen and oxygen atoms in total. The van der Waals surface area contributed by atoms with E-state index in [1.165, 1.54) is 14.0 Å². The molecule has 104 valence electrons. The lowest BCUT2D eigenvalue weighted by atomic mass is 10.0. The lowest BCUT2D eigenvalue weighted by Crippen LogP contribution is -2.47. The summed E-state index contributed by atoms with van der Waals surface area (Å²) in [5, 5.41) is 20.9. The maximum atomic E-state index is 11.1. The van der Waals surface area contributed by atoms with Crippen molar-refractivity contribution in [3.05, 3.63) is 29.8 Å². The molecule has 19 heavy (non-hydrogen) atoms. The molecule has 2 atom stereocenters. The SMILES string of the molecule is COc1ccccc1CC(NC(C)=O)C(O)C(=O)O. The summed E-state index contributed by atoms with van der Waals surface area (Å²) in [6, 6.07) is 6.13. The number of carboxylic acid groups (broad SMARTS) is 1. The molecule has 0 aliphatic rings. The van der Waals surface area contributed by atoms with Crippen LogP contribution in [0.5, 0.6) is 5.75 Å². The maximum absolute atomic E-state index is 11.1. The minimum atomic E-state index is -1.67. The van der Waals surface area contributed by atoms with Crippen LogP contribution >= 0.6 is 0 Å². The van der Waals surface area contributed by atoms with E-state index < -0.39 is 24.0 Å². The summed E-state index contributed by atoms with van der Waals surface area (Å²) in [6.45, 7) is 1.27. The van der Waals surface area contributed by atoms with Gasteiger partial charge < -0.3 is 20.3 Å². The largest absolute Gasteiger partial charge is 0.496 e. The quantitative estimate of drug-likeness (QED) is 0.683. The van der Waals surface area contributed by atoms with Crippen LogP contribution in [-0.4, -0.2) is 41.3 Å². The average Bonchev–Trinajstić information content (AvgIpc) is 2.37. The van der Waals surface area contributed by atoms with Crippen LogP contribution in [0.1, 0.15) is 12.5 Å². The van der Waals surface area contributed by atoms with Gasteiger partial charge >= 0.3 is 5.97 Å². The molecule has 0 aromatic heterocycles. The molecular weight excluding hydrogens is 250 g/mol. The van der Waals surface area contributed by atoms with Crippen LogP contribution in [0.2, 0.25) is 0 Å². The first-order valence-electron chi connectivity index (χ1n) is 5.75. The Hall–Kier alpha value is -2.08. The summed E-state index contributed by atoms with van der Waals surface area (Å²) in [5.74, 6) is -1.20. The van der Waals surface area contributed by atoms with Crippen LogP contribution < -0.4 is 10.1 Å². The molecule has 1 aromatic carbocycles. The number of nitrogens with one attached hydrogen (secondary N) is 1. The second kappa shape index (κ2) is 6.75. The summed E-state index contributed by atoms with van der Waals surface area (Å²) >= 11 is 0. The van der Waals surface area contributed by atoms with Crippen LogP contribution in [0.3, 0.4) is 0 Å². The molecule has 0 heterocycles. The molecule has 0 aliphatic carbocycles. The highest BCUT2D eigenvalue weighted by Gasteiger charge is 2.27. The van der Waals surface area contributed by atoms with Crippen molar-refractivity contribution < 1.29 is 24.5 Å². The Morgan fingerprint density at radius 2 is 2.00 bits per heavy atom. The second-order valence-electron chi connectivity index (χ2n) is 4.11. The molecule has 1 amide bonds. The number of benzene rings is 1. The fraction of sp³-hybridized carbons (Fsp3) is 0.385. The zero-order chi connectivity index (χ0) is 14.4. The number of carbonyl (C=O) groups is 2. The van der Waals surface area contributed by atoms with Crippen molar-refractivity contribution in [2.45, 2.75) is 25.5 Å². The zero-order valence-corrected chi connectivity index (χ0v) is 10.8. The molecule has 0 spiro atoms. The number of methoxy groups -OCH3 is 1. The first-order chi connectivity index (χ1) is 8.95. The van der Waals surface area contributed by atoms with Crippen molar-refractivity contribution in [2.24, 2.45) is 0 Å². The number of para-hydroxylation sites is 1. The summed E-state index contributed by atoms with van der Waals surface area (Å²) in [7, 11) is 1.50. The topological polar surface area (TPSA) is 95.9 Å². The highest BCUT2D eigenvalue weighted by atomic mass is 16.5. The number of hydrogen-bond donors (Lipinski definition) is 3. The molecule has 0 fully saturated rings. The Morgan fingerprint density at radius 1 is 1.37 bits per heavy atom. The van der Waals surface area contributed by atoms with Gasteiger partial charge in [0.25, 0.3) is 0 Å². The molecule has 0 saturated heterocycles. The number of aliphatic carboxylic acids is 1. The van der Waals surface area contributed by atoms with Gasteiger partial charge in [-0.15, -0.1) is 0 Å². The van der Waals surface area contributed by atoms with Gasteiger partial charge in [-0.25, -0.2) is 4.79 Å². The molecule has 6 heteroatoms. The molecule has 0 aliphatic heterocycles. The smallest absolute Gasteiger partial charge is 0.334 e. The van der Waals surface area contributed by atoms with Gasteiger partial charge in [0.15, 0.2) is 6.10 Å². The van der Waals surface area contributed by atoms with Crippen LogP contribution in [-0.2, 0) is 16.0 Å². The van der Waals surface area contributed by atoms with Crippen molar-refractivity contribution in [1.82, 2.24) is 5.32 Å². The van der Waals surface area contributed by atoms with E-state index >= 15 is 0 Å². The number of aliphatic hydroxyl groups excluding tert-OH is 1. The standard InChI is InChI=1S/C13H17NO5/c1-8(15)14-10(12(16)13(17)18)7-9-5-3-4-6-11(9)19-2/h3-6,10,12,16H,7H2,1-2H3,(H,14,15)(H,17,18). The number of hydrogen-bond acceptors (Lipinski definition) is 4. The van der Waals surface area contributed by atoms with E-state index in [1.54, 1.807) is 24.3 Å². The normalized spacial score (nSPS) is 13.4. The van der Waals surface area contributed by atoms with E-state index in [2.05, 4.69) is 5.32 Å². The van der Waals surface area contributed by atoms with Crippen molar-refractivity contribution in [3.8, 4) is 5.75 Å². The molecule has 3 N–H and O–H groups in total. The van der Waals surface area contributed by atoms with Gasteiger partial charge in [-0.2, -0.15) is 0 Å². The number of ether oxygens (including phenoxy) is 1. The summed E-state index contributed by atoms with van der Waals surface area (Å²) < 4.78 is 5.15. The average molecular weight is 267 g/mol. The fourth-order valence-corrected chi connectivity index (χ4v) is 1.78. The van der Waals surface area contributed by atoms with E-state index in [0.717, 1.165) is 0 Å². The predicted octanol–water partition coefficient (Wildman–Crippen LogP) is 0.188. The van der Waals surface area contributed by atoms with Crippen LogP contribution in [0.15, 0.2) is 24.3 Å². The van der Waals surface area contributed by atoms with Crippen LogP contribution in [0.4, 0.5) is 0 Å². The Morgan fingerprint density at radius 3 is 2.53 bits per heavy atom. The van der Waals surface area contributed by atoms with Gasteiger partial charge in [0.2, 0.25) is 5.91 Å². The number of aliphatic hydroxyl groups is 1. The van der Waals surface area contributed by atoms with Crippen LogP contribution in [0, 0.1) is 0 Å². The summed E-state index contributed by atoms with van der Waals surface area (Å²) in [4.78, 5) is 21.9. The Bertz CT molecular complexity index is 460. The summed E-state index contributed by atoms with van der Waals surface area (Å²) in [5.41, 5.74) is 0.712. The zero-order valence-electron chi connectivity index (χ0n) is 10.8. The highest BCUT2D eigenvalue weighted by molar-refractivity contribution is 5.77. The van der Waals surface area contributed by atoms with Crippen molar-refractivity contribution in [1.29, 1.82) is 0 Å². The minimum absolute atomic E-state index is 0.164. The molecule has 0 saturated carbocycles. The fourth-order valence-electron chi connectivity index (χ4n) is 1.78. The molecule has 0 bridgehead atoms. The predicted molar refractivity (Wildman–Crippen MR) is 67.9 cm³/mol. The highest BCUT2D eigenvalue weighted by Crippen LogP contribution is 2.19. The third-order valence-corrected chi connectivity index (χ3v) is 2.66. The third kappa shape index (κ3) is 4.26. The molecule has 1 aromatic rings. The molecule has 0 radical (unpaired) electrons.